The maximum absolute atomic E-state index is 11.3. The molecule has 0 saturated heterocycles. The van der Waals surface area contributed by atoms with Crippen LogP contribution in [0.15, 0.2) is 48.0 Å². The van der Waals surface area contributed by atoms with E-state index in [4.69, 9.17) is 10.5 Å². The maximum Gasteiger partial charge on any atom is 0.381 e. The van der Waals surface area contributed by atoms with Crippen molar-refractivity contribution in [3.63, 3.8) is 0 Å². The second kappa shape index (κ2) is 18.7. The molecule has 0 radical (unpaired) electrons. The van der Waals surface area contributed by atoms with E-state index in [-0.39, 0.29) is 5.76 Å². The van der Waals surface area contributed by atoms with E-state index in [9.17, 15) is 4.79 Å². The molecule has 2 N–H and O–H groups in total. The molecule has 0 aromatic carbocycles. The Hall–Kier alpha value is -2.05. The van der Waals surface area contributed by atoms with E-state index in [0.29, 0.717) is 0 Å². The van der Waals surface area contributed by atoms with Gasteiger partial charge in [-0.2, -0.15) is 0 Å². The van der Waals surface area contributed by atoms with Crippen LogP contribution in [0, 0.1) is 0 Å². The molecule has 0 spiro atoms. The van der Waals surface area contributed by atoms with Crippen LogP contribution in [0.2, 0.25) is 0 Å². The molecule has 0 atom stereocenters. The van der Waals surface area contributed by atoms with Crippen molar-refractivity contribution < 1.29 is 29.8 Å². The third-order valence-corrected chi connectivity index (χ3v) is 3.98. The Morgan fingerprint density at radius 1 is 0.815 bits per heavy atom. The number of methoxy groups -OCH3 is 1. The highest BCUT2D eigenvalue weighted by atomic mass is 17.1. The van der Waals surface area contributed by atoms with E-state index in [0.717, 1.165) is 13.5 Å². The van der Waals surface area contributed by atoms with Gasteiger partial charge in [-0.3, -0.25) is 0 Å². The van der Waals surface area contributed by atoms with E-state index in [1.54, 1.807) is 6.08 Å². The average Bonchev–Trinajstić information content (AvgIpc) is 2.69. The third-order valence-electron chi connectivity index (χ3n) is 3.98. The van der Waals surface area contributed by atoms with Crippen LogP contribution in [0.3, 0.4) is 0 Å². The highest BCUT2D eigenvalue weighted by Gasteiger charge is 2.19. The molecule has 0 rings (SSSR count). The van der Waals surface area contributed by atoms with Crippen LogP contribution < -0.4 is 0 Å². The number of esters is 1. The molecule has 0 unspecified atom stereocenters. The molecule has 0 aromatic rings. The van der Waals surface area contributed by atoms with Crippen molar-refractivity contribution in [1.29, 1.82) is 0 Å². The largest absolute Gasteiger partial charge is 0.463 e. The number of carbonyl (C=O) groups is 1. The highest BCUT2D eigenvalue weighted by Crippen LogP contribution is 2.11. The van der Waals surface area contributed by atoms with E-state index >= 15 is 0 Å². The van der Waals surface area contributed by atoms with Gasteiger partial charge in [0.2, 0.25) is 5.76 Å². The third kappa shape index (κ3) is 13.8. The minimum absolute atomic E-state index is 0.368. The van der Waals surface area contributed by atoms with E-state index in [1.165, 1.54) is 69.9 Å². The van der Waals surface area contributed by atoms with Gasteiger partial charge in [-0.1, -0.05) is 88.7 Å². The smallest absolute Gasteiger partial charge is 0.381 e. The molecular formula is C21H34O6. The van der Waals surface area contributed by atoms with Crippen molar-refractivity contribution in [2.75, 3.05) is 7.11 Å². The molecule has 0 heterocycles. The Morgan fingerprint density at radius 3 is 1.96 bits per heavy atom. The van der Waals surface area contributed by atoms with Crippen LogP contribution in [-0.4, -0.2) is 23.6 Å². The number of hydrogen-bond donors (Lipinski definition) is 2. The summed E-state index contributed by atoms with van der Waals surface area (Å²) in [6, 6.07) is 0. The fourth-order valence-electron chi connectivity index (χ4n) is 2.44. The van der Waals surface area contributed by atoms with Crippen molar-refractivity contribution in [1.82, 2.24) is 0 Å². The number of allylic oxidation sites excluding steroid dienone is 6. The van der Waals surface area contributed by atoms with Gasteiger partial charge < -0.3 is 14.5 Å². The lowest BCUT2D eigenvalue weighted by Crippen LogP contribution is -2.10. The van der Waals surface area contributed by atoms with E-state index in [1.807, 2.05) is 12.2 Å². The van der Waals surface area contributed by atoms with Gasteiger partial charge in [0.1, 0.15) is 0 Å². The summed E-state index contributed by atoms with van der Waals surface area (Å²) in [5.41, 5.74) is 0. The Morgan fingerprint density at radius 2 is 1.41 bits per heavy atom. The summed E-state index contributed by atoms with van der Waals surface area (Å²) in [5, 5.41) is 17.4. The molecule has 0 amide bonds. The van der Waals surface area contributed by atoms with Gasteiger partial charge in [-0.05, 0) is 18.9 Å². The van der Waals surface area contributed by atoms with Crippen molar-refractivity contribution >= 4 is 5.97 Å². The standard InChI is InChI=1S/C21H34O6/c1-3-4-5-6-7-8-9-10-11-12-13-14-15-16-17-18-19(26-23)20(27-24)21(22)25-2/h13-18,23-24H,3-12H2,1-2H3. The number of carbonyl (C=O) groups excluding carboxylic acids is 1. The summed E-state index contributed by atoms with van der Waals surface area (Å²) >= 11 is 0. The van der Waals surface area contributed by atoms with Gasteiger partial charge in [0, 0.05) is 0 Å². The molecule has 0 aromatic heterocycles. The zero-order valence-corrected chi connectivity index (χ0v) is 16.6. The lowest BCUT2D eigenvalue weighted by molar-refractivity contribution is -0.235. The minimum Gasteiger partial charge on any atom is -0.463 e. The fourth-order valence-corrected chi connectivity index (χ4v) is 2.44. The van der Waals surface area contributed by atoms with Crippen LogP contribution in [-0.2, 0) is 19.3 Å². The summed E-state index contributed by atoms with van der Waals surface area (Å²) in [7, 11) is 1.11. The number of unbranched alkanes of at least 4 members (excludes halogenated alkanes) is 9. The summed E-state index contributed by atoms with van der Waals surface area (Å²) in [6.45, 7) is 2.24. The van der Waals surface area contributed by atoms with Gasteiger partial charge >= 0.3 is 5.97 Å². The lowest BCUT2D eigenvalue weighted by atomic mass is 10.1. The second-order valence-corrected chi connectivity index (χ2v) is 6.16. The second-order valence-electron chi connectivity index (χ2n) is 6.16. The van der Waals surface area contributed by atoms with E-state index in [2.05, 4.69) is 27.5 Å². The fraction of sp³-hybridized carbons (Fsp3) is 0.571. The molecule has 6 nitrogen and oxygen atoms in total. The summed E-state index contributed by atoms with van der Waals surface area (Å²) in [6.07, 6.45) is 23.2. The predicted molar refractivity (Wildman–Crippen MR) is 106 cm³/mol. The van der Waals surface area contributed by atoms with Crippen molar-refractivity contribution in [3.8, 4) is 0 Å². The van der Waals surface area contributed by atoms with Crippen molar-refractivity contribution in [2.24, 2.45) is 0 Å². The molecule has 0 fully saturated rings. The number of hydrogen-bond acceptors (Lipinski definition) is 6. The zero-order chi connectivity index (χ0) is 20.2. The maximum atomic E-state index is 11.3. The van der Waals surface area contributed by atoms with Crippen molar-refractivity contribution in [3.05, 3.63) is 48.0 Å². The summed E-state index contributed by atoms with van der Waals surface area (Å²) < 4.78 is 4.38. The summed E-state index contributed by atoms with van der Waals surface area (Å²) in [5.74, 6) is -1.99. The number of ether oxygens (including phenoxy) is 1. The molecule has 0 bridgehead atoms. The van der Waals surface area contributed by atoms with Gasteiger partial charge in [-0.25, -0.2) is 15.3 Å². The molecule has 0 aliphatic carbocycles. The Bertz CT molecular complexity index is 491. The molecule has 6 heteroatoms. The van der Waals surface area contributed by atoms with Gasteiger partial charge in [-0.15, -0.1) is 0 Å². The van der Waals surface area contributed by atoms with Gasteiger partial charge in [0.25, 0.3) is 5.76 Å². The van der Waals surface area contributed by atoms with Crippen LogP contribution in [0.1, 0.15) is 71.1 Å². The first-order chi connectivity index (χ1) is 13.2. The quantitative estimate of drug-likeness (QED) is 0.0653. The minimum atomic E-state index is -0.976. The molecule has 27 heavy (non-hydrogen) atoms. The first-order valence-corrected chi connectivity index (χ1v) is 9.66. The van der Waals surface area contributed by atoms with Crippen molar-refractivity contribution in [2.45, 2.75) is 71.1 Å². The van der Waals surface area contributed by atoms with E-state index < -0.39 is 11.7 Å². The normalized spacial score (nSPS) is 12.7. The molecule has 0 saturated carbocycles. The Kier molecular flexibility index (Phi) is 17.3. The van der Waals surface area contributed by atoms with Crippen LogP contribution in [0.4, 0.5) is 0 Å². The SMILES string of the molecule is CCCCCCCCCCCC=CC=CC=CC(OO)=C(OO)C(=O)OC. The Labute approximate surface area is 162 Å². The number of rotatable bonds is 16. The van der Waals surface area contributed by atoms with Gasteiger partial charge in [0.15, 0.2) is 0 Å². The molecule has 0 aliphatic heterocycles. The first-order valence-electron chi connectivity index (χ1n) is 9.66. The molecule has 0 aliphatic rings. The lowest BCUT2D eigenvalue weighted by Gasteiger charge is -2.03. The average molecular weight is 382 g/mol. The highest BCUT2D eigenvalue weighted by molar-refractivity contribution is 5.87. The van der Waals surface area contributed by atoms with Crippen LogP contribution >= 0.6 is 0 Å². The van der Waals surface area contributed by atoms with Crippen LogP contribution in [0.5, 0.6) is 0 Å². The predicted octanol–water partition coefficient (Wildman–Crippen LogP) is 5.94. The first kappa shape index (κ1) is 24.9. The van der Waals surface area contributed by atoms with Gasteiger partial charge in [0.05, 0.1) is 7.11 Å². The summed E-state index contributed by atoms with van der Waals surface area (Å²) in [4.78, 5) is 19.1. The molecule has 154 valence electrons. The topological polar surface area (TPSA) is 85.2 Å². The zero-order valence-electron chi connectivity index (χ0n) is 16.6. The monoisotopic (exact) mass is 382 g/mol. The van der Waals surface area contributed by atoms with Crippen LogP contribution in [0.25, 0.3) is 0 Å². The Balaban J connectivity index is 3.96. The molecular weight excluding hydrogens is 348 g/mol.